The first-order valence-corrected chi connectivity index (χ1v) is 4.63. The van der Waals surface area contributed by atoms with Crippen molar-refractivity contribution in [3.8, 4) is 0 Å². The lowest BCUT2D eigenvalue weighted by molar-refractivity contribution is -0.137. The highest BCUT2D eigenvalue weighted by Crippen LogP contribution is 2.16. The van der Waals surface area contributed by atoms with E-state index in [1.54, 1.807) is 7.05 Å². The summed E-state index contributed by atoms with van der Waals surface area (Å²) in [4.78, 5) is 10.3. The molecule has 14 heavy (non-hydrogen) atoms. The molecule has 1 N–H and O–H groups in total. The standard InChI is InChI=1S/C11H14NO2/c1-12-10-7-5-9(6-8-10)3-2-4-11(13)14/h5-8H,2-4H2,1H3,(H,13,14)/q-1. The Bertz CT molecular complexity index is 293. The first-order chi connectivity index (χ1) is 6.72. The molecule has 0 amide bonds. The maximum absolute atomic E-state index is 10.3. The van der Waals surface area contributed by atoms with Crippen molar-refractivity contribution in [2.75, 3.05) is 7.05 Å². The Morgan fingerprint density at radius 3 is 2.50 bits per heavy atom. The summed E-state index contributed by atoms with van der Waals surface area (Å²) < 4.78 is 0. The lowest BCUT2D eigenvalue weighted by atomic mass is 10.1. The molecular weight excluding hydrogens is 178 g/mol. The lowest BCUT2D eigenvalue weighted by Gasteiger charge is -2.13. The molecule has 3 nitrogen and oxygen atoms in total. The van der Waals surface area contributed by atoms with Crippen LogP contribution in [-0.2, 0) is 11.2 Å². The largest absolute Gasteiger partial charge is 0.687 e. The topological polar surface area (TPSA) is 51.4 Å². The fourth-order valence-corrected chi connectivity index (χ4v) is 1.26. The van der Waals surface area contributed by atoms with Gasteiger partial charge in [-0.3, -0.25) is 4.79 Å². The van der Waals surface area contributed by atoms with Crippen molar-refractivity contribution in [2.45, 2.75) is 19.3 Å². The van der Waals surface area contributed by atoms with Gasteiger partial charge in [0.1, 0.15) is 0 Å². The van der Waals surface area contributed by atoms with E-state index in [1.165, 1.54) is 5.56 Å². The van der Waals surface area contributed by atoms with E-state index in [0.29, 0.717) is 6.42 Å². The molecule has 1 aromatic rings. The number of benzene rings is 1. The molecule has 0 aliphatic carbocycles. The molecule has 1 rings (SSSR count). The Morgan fingerprint density at radius 2 is 2.00 bits per heavy atom. The number of hydrogen-bond acceptors (Lipinski definition) is 1. The molecule has 0 saturated heterocycles. The third kappa shape index (κ3) is 3.47. The Kier molecular flexibility index (Phi) is 3.98. The van der Waals surface area contributed by atoms with E-state index in [2.05, 4.69) is 5.32 Å². The molecule has 0 aliphatic rings. The summed E-state index contributed by atoms with van der Waals surface area (Å²) in [6, 6.07) is 7.86. The van der Waals surface area contributed by atoms with Gasteiger partial charge in [-0.15, -0.1) is 12.7 Å². The highest BCUT2D eigenvalue weighted by atomic mass is 16.4. The molecule has 0 radical (unpaired) electrons. The molecule has 0 spiro atoms. The predicted molar refractivity (Wildman–Crippen MR) is 56.0 cm³/mol. The normalized spacial score (nSPS) is 9.79. The van der Waals surface area contributed by atoms with Gasteiger partial charge in [0.25, 0.3) is 0 Å². The second kappa shape index (κ2) is 5.27. The number of carboxylic acids is 1. The second-order valence-corrected chi connectivity index (χ2v) is 3.14. The first kappa shape index (κ1) is 10.6. The van der Waals surface area contributed by atoms with Crippen LogP contribution in [0.3, 0.4) is 0 Å². The number of rotatable bonds is 5. The molecule has 0 bridgehead atoms. The summed E-state index contributed by atoms with van der Waals surface area (Å²) in [5.74, 6) is -0.731. The van der Waals surface area contributed by atoms with Crippen LogP contribution in [0.25, 0.3) is 5.32 Å². The summed E-state index contributed by atoms with van der Waals surface area (Å²) in [6.45, 7) is 0. The van der Waals surface area contributed by atoms with Crippen molar-refractivity contribution in [3.05, 3.63) is 35.1 Å². The monoisotopic (exact) mass is 192 g/mol. The number of aliphatic carboxylic acids is 1. The van der Waals surface area contributed by atoms with E-state index in [4.69, 9.17) is 5.11 Å². The molecule has 0 aromatic heterocycles. The van der Waals surface area contributed by atoms with Crippen molar-refractivity contribution in [1.29, 1.82) is 0 Å². The second-order valence-electron chi connectivity index (χ2n) is 3.14. The molecule has 0 heterocycles. The molecule has 76 valence electrons. The SMILES string of the molecule is C[N-]c1ccc(CCCC(=O)O)cc1. The van der Waals surface area contributed by atoms with E-state index >= 15 is 0 Å². The Balaban J connectivity index is 2.40. The summed E-state index contributed by atoms with van der Waals surface area (Å²) >= 11 is 0. The van der Waals surface area contributed by atoms with Crippen LogP contribution >= 0.6 is 0 Å². The van der Waals surface area contributed by atoms with E-state index in [-0.39, 0.29) is 6.42 Å². The molecule has 0 unspecified atom stereocenters. The van der Waals surface area contributed by atoms with Crippen LogP contribution in [0.1, 0.15) is 18.4 Å². The van der Waals surface area contributed by atoms with Gasteiger partial charge in [-0.2, -0.15) is 0 Å². The maximum Gasteiger partial charge on any atom is 0.303 e. The van der Waals surface area contributed by atoms with E-state index in [9.17, 15) is 4.79 Å². The number of carbonyl (C=O) groups is 1. The zero-order chi connectivity index (χ0) is 10.4. The predicted octanol–water partition coefficient (Wildman–Crippen LogP) is 2.73. The quantitative estimate of drug-likeness (QED) is 0.779. The zero-order valence-electron chi connectivity index (χ0n) is 8.23. The van der Waals surface area contributed by atoms with Crippen molar-refractivity contribution < 1.29 is 9.90 Å². The lowest BCUT2D eigenvalue weighted by Crippen LogP contribution is -1.95. The summed E-state index contributed by atoms with van der Waals surface area (Å²) in [5.41, 5.74) is 2.12. The Labute approximate surface area is 83.8 Å². The maximum atomic E-state index is 10.3. The van der Waals surface area contributed by atoms with E-state index in [1.807, 2.05) is 24.3 Å². The number of carboxylic acid groups (broad SMARTS) is 1. The zero-order valence-corrected chi connectivity index (χ0v) is 8.23. The third-order valence-corrected chi connectivity index (χ3v) is 2.05. The van der Waals surface area contributed by atoms with Crippen LogP contribution in [0, 0.1) is 0 Å². The van der Waals surface area contributed by atoms with Gasteiger partial charge in [0.05, 0.1) is 0 Å². The molecule has 1 aromatic carbocycles. The molecule has 0 fully saturated rings. The Hall–Kier alpha value is -1.51. The van der Waals surface area contributed by atoms with Crippen LogP contribution in [0.5, 0.6) is 0 Å². The molecule has 0 aliphatic heterocycles. The highest BCUT2D eigenvalue weighted by molar-refractivity contribution is 5.66. The number of nitrogens with zero attached hydrogens (tertiary/aromatic N) is 1. The average molecular weight is 192 g/mol. The molecule has 0 atom stereocenters. The smallest absolute Gasteiger partial charge is 0.303 e. The van der Waals surface area contributed by atoms with Gasteiger partial charge in [-0.05, 0) is 18.4 Å². The van der Waals surface area contributed by atoms with Crippen molar-refractivity contribution in [3.63, 3.8) is 0 Å². The van der Waals surface area contributed by atoms with E-state index in [0.717, 1.165) is 12.1 Å². The van der Waals surface area contributed by atoms with Gasteiger partial charge in [0, 0.05) is 6.42 Å². The van der Waals surface area contributed by atoms with Gasteiger partial charge in [-0.1, -0.05) is 24.3 Å². The molecule has 0 saturated carbocycles. The highest BCUT2D eigenvalue weighted by Gasteiger charge is 1.97. The van der Waals surface area contributed by atoms with Crippen LogP contribution in [0.2, 0.25) is 0 Å². The summed E-state index contributed by atoms with van der Waals surface area (Å²) in [6.07, 6.45) is 1.74. The first-order valence-electron chi connectivity index (χ1n) is 4.63. The molecular formula is C11H14NO2-. The minimum atomic E-state index is -0.731. The third-order valence-electron chi connectivity index (χ3n) is 2.05. The minimum absolute atomic E-state index is 0.236. The van der Waals surface area contributed by atoms with Crippen molar-refractivity contribution in [2.24, 2.45) is 0 Å². The van der Waals surface area contributed by atoms with Gasteiger partial charge in [0.2, 0.25) is 0 Å². The van der Waals surface area contributed by atoms with E-state index < -0.39 is 5.97 Å². The van der Waals surface area contributed by atoms with Gasteiger partial charge in [-0.25, -0.2) is 0 Å². The number of aryl methyl sites for hydroxylation is 1. The van der Waals surface area contributed by atoms with Gasteiger partial charge >= 0.3 is 5.97 Å². The van der Waals surface area contributed by atoms with Crippen LogP contribution in [0.15, 0.2) is 24.3 Å². The van der Waals surface area contributed by atoms with Crippen molar-refractivity contribution in [1.82, 2.24) is 0 Å². The van der Waals surface area contributed by atoms with Crippen LogP contribution < -0.4 is 0 Å². The summed E-state index contributed by atoms with van der Waals surface area (Å²) in [7, 11) is 1.75. The molecule has 3 heteroatoms. The van der Waals surface area contributed by atoms with Crippen LogP contribution in [-0.4, -0.2) is 18.1 Å². The van der Waals surface area contributed by atoms with Gasteiger partial charge in [0.15, 0.2) is 0 Å². The summed E-state index contributed by atoms with van der Waals surface area (Å²) in [5, 5.41) is 12.5. The fraction of sp³-hybridized carbons (Fsp3) is 0.364. The minimum Gasteiger partial charge on any atom is -0.687 e. The fourth-order valence-electron chi connectivity index (χ4n) is 1.26. The van der Waals surface area contributed by atoms with Crippen molar-refractivity contribution >= 4 is 11.7 Å². The Morgan fingerprint density at radius 1 is 1.36 bits per heavy atom. The van der Waals surface area contributed by atoms with Gasteiger partial charge < -0.3 is 10.4 Å². The number of hydrogen-bond donors (Lipinski definition) is 1. The average Bonchev–Trinajstić information content (AvgIpc) is 2.18. The van der Waals surface area contributed by atoms with Crippen LogP contribution in [0.4, 0.5) is 5.69 Å².